The molecule has 0 amide bonds. The Balaban J connectivity index is 3.23. The molecule has 0 heterocycles. The first-order valence-electron chi connectivity index (χ1n) is 3.73. The summed E-state index contributed by atoms with van der Waals surface area (Å²) in [6.07, 6.45) is 0. The van der Waals surface area contributed by atoms with E-state index in [4.69, 9.17) is 0 Å². The Hall–Kier alpha value is -0.0700. The predicted octanol–water partition coefficient (Wildman–Crippen LogP) is 3.01. The van der Waals surface area contributed by atoms with Crippen LogP contribution in [0.15, 0.2) is 22.7 Å². The maximum absolute atomic E-state index is 11.7. The maximum atomic E-state index is 11.7. The van der Waals surface area contributed by atoms with Crippen molar-refractivity contribution in [3.05, 3.63) is 28.2 Å². The van der Waals surface area contributed by atoms with Gasteiger partial charge in [-0.25, -0.2) is 0 Å². The lowest BCUT2D eigenvalue weighted by atomic mass is 10.2. The summed E-state index contributed by atoms with van der Waals surface area (Å²) in [4.78, 5) is 0. The van der Waals surface area contributed by atoms with E-state index in [1.54, 1.807) is 13.3 Å². The number of rotatable bonds is 1. The van der Waals surface area contributed by atoms with Crippen molar-refractivity contribution in [1.29, 1.82) is 0 Å². The van der Waals surface area contributed by atoms with Crippen LogP contribution in [0.5, 0.6) is 0 Å². The summed E-state index contributed by atoms with van der Waals surface area (Å²) in [6.45, 7) is 5.58. The number of halogens is 1. The van der Waals surface area contributed by atoms with Crippen molar-refractivity contribution in [1.82, 2.24) is 0 Å². The zero-order valence-electron chi connectivity index (χ0n) is 7.47. The van der Waals surface area contributed by atoms with Gasteiger partial charge in [-0.3, -0.25) is 0 Å². The fourth-order valence-electron chi connectivity index (χ4n) is 0.964. The van der Waals surface area contributed by atoms with Gasteiger partial charge in [0.05, 0.1) is 0 Å². The van der Waals surface area contributed by atoms with Gasteiger partial charge in [0.2, 0.25) is 0 Å². The molecule has 0 bridgehead atoms. The van der Waals surface area contributed by atoms with Gasteiger partial charge in [0.25, 0.3) is 0 Å². The Bertz CT molecular complexity index is 340. The van der Waals surface area contributed by atoms with Crippen LogP contribution >= 0.6 is 23.1 Å². The summed E-state index contributed by atoms with van der Waals surface area (Å²) in [5.41, 5.74) is 1.14. The first-order chi connectivity index (χ1) is 5.41. The van der Waals surface area contributed by atoms with E-state index in [0.29, 0.717) is 0 Å². The van der Waals surface area contributed by atoms with Crippen LogP contribution in [0, 0.1) is 6.92 Å². The second-order valence-corrected chi connectivity index (χ2v) is 7.36. The van der Waals surface area contributed by atoms with Crippen LogP contribution in [-0.4, -0.2) is 13.3 Å². The largest absolute Gasteiger partial charge is 0.319 e. The van der Waals surface area contributed by atoms with Gasteiger partial charge >= 0.3 is 0 Å². The molecule has 0 saturated carbocycles. The van der Waals surface area contributed by atoms with Crippen LogP contribution in [0.4, 0.5) is 0 Å². The topological polar surface area (TPSA) is 17.1 Å². The van der Waals surface area contributed by atoms with Crippen molar-refractivity contribution in [2.45, 2.75) is 6.92 Å². The molecule has 1 aromatic rings. The zero-order chi connectivity index (χ0) is 9.35. The Kier molecular flexibility index (Phi) is 2.80. The van der Waals surface area contributed by atoms with Crippen molar-refractivity contribution in [2.24, 2.45) is 0 Å². The number of hydrogen-bond acceptors (Lipinski definition) is 1. The molecule has 66 valence electrons. The van der Waals surface area contributed by atoms with Gasteiger partial charge in [-0.05, 0) is 37.9 Å². The molecule has 0 aliphatic heterocycles. The molecular formula is C9H12BrOP. The minimum atomic E-state index is -2.09. The van der Waals surface area contributed by atoms with Crippen LogP contribution in [0.25, 0.3) is 0 Å². The van der Waals surface area contributed by atoms with E-state index in [1.807, 2.05) is 25.1 Å². The van der Waals surface area contributed by atoms with Gasteiger partial charge in [-0.2, -0.15) is 0 Å². The molecule has 0 atom stereocenters. The number of benzene rings is 1. The molecule has 12 heavy (non-hydrogen) atoms. The fraction of sp³-hybridized carbons (Fsp3) is 0.333. The van der Waals surface area contributed by atoms with Crippen LogP contribution in [0.1, 0.15) is 5.56 Å². The molecule has 0 aliphatic carbocycles. The average Bonchev–Trinajstić information content (AvgIpc) is 1.92. The quantitative estimate of drug-likeness (QED) is 0.697. The third-order valence-corrected chi connectivity index (χ3v) is 4.17. The molecule has 1 aromatic carbocycles. The highest BCUT2D eigenvalue weighted by Crippen LogP contribution is 2.35. The third-order valence-electron chi connectivity index (χ3n) is 1.76. The molecule has 0 spiro atoms. The Morgan fingerprint density at radius 2 is 1.92 bits per heavy atom. The molecule has 0 saturated heterocycles. The first kappa shape index (κ1) is 10.0. The van der Waals surface area contributed by atoms with Gasteiger partial charge in [0.1, 0.15) is 7.14 Å². The molecule has 0 aliphatic rings. The summed E-state index contributed by atoms with van der Waals surface area (Å²) >= 11 is 3.41. The minimum Gasteiger partial charge on any atom is -0.319 e. The zero-order valence-corrected chi connectivity index (χ0v) is 9.95. The van der Waals surface area contributed by atoms with E-state index in [-0.39, 0.29) is 0 Å². The molecule has 1 rings (SSSR count). The van der Waals surface area contributed by atoms with Crippen LogP contribution in [-0.2, 0) is 4.57 Å². The summed E-state index contributed by atoms with van der Waals surface area (Å²) < 4.78 is 12.7. The molecule has 0 N–H and O–H groups in total. The SMILES string of the molecule is Cc1cc(P(C)(C)=O)ccc1Br. The average molecular weight is 247 g/mol. The highest BCUT2D eigenvalue weighted by molar-refractivity contribution is 9.10. The molecule has 0 fully saturated rings. The predicted molar refractivity (Wildman–Crippen MR) is 58.0 cm³/mol. The van der Waals surface area contributed by atoms with Crippen molar-refractivity contribution in [3.8, 4) is 0 Å². The second-order valence-electron chi connectivity index (χ2n) is 3.28. The van der Waals surface area contributed by atoms with Gasteiger partial charge in [0, 0.05) is 9.78 Å². The Morgan fingerprint density at radius 1 is 1.33 bits per heavy atom. The summed E-state index contributed by atoms with van der Waals surface area (Å²) in [7, 11) is -2.09. The molecule has 1 nitrogen and oxygen atoms in total. The normalized spacial score (nSPS) is 11.7. The molecule has 0 aromatic heterocycles. The number of aryl methyl sites for hydroxylation is 1. The van der Waals surface area contributed by atoms with E-state index in [9.17, 15) is 4.57 Å². The smallest absolute Gasteiger partial charge is 0.109 e. The molecule has 0 radical (unpaired) electrons. The lowest BCUT2D eigenvalue weighted by molar-refractivity contribution is 0.588. The Morgan fingerprint density at radius 3 is 2.33 bits per heavy atom. The fourth-order valence-corrected chi connectivity index (χ4v) is 2.15. The lowest BCUT2D eigenvalue weighted by Gasteiger charge is -2.08. The summed E-state index contributed by atoms with van der Waals surface area (Å²) in [5, 5.41) is 0.947. The van der Waals surface area contributed by atoms with Crippen LogP contribution in [0.2, 0.25) is 0 Å². The third kappa shape index (κ3) is 2.21. The maximum Gasteiger partial charge on any atom is 0.109 e. The van der Waals surface area contributed by atoms with E-state index < -0.39 is 7.14 Å². The van der Waals surface area contributed by atoms with Gasteiger partial charge in [-0.15, -0.1) is 0 Å². The Labute approximate surface area is 81.7 Å². The molecule has 0 unspecified atom stereocenters. The summed E-state index contributed by atoms with van der Waals surface area (Å²) in [6, 6.07) is 5.84. The summed E-state index contributed by atoms with van der Waals surface area (Å²) in [5.74, 6) is 0. The van der Waals surface area contributed by atoms with Crippen molar-refractivity contribution >= 4 is 28.4 Å². The lowest BCUT2D eigenvalue weighted by Crippen LogP contribution is -2.02. The van der Waals surface area contributed by atoms with Gasteiger partial charge < -0.3 is 4.57 Å². The van der Waals surface area contributed by atoms with Gasteiger partial charge in [0.15, 0.2) is 0 Å². The van der Waals surface area contributed by atoms with Crippen molar-refractivity contribution in [2.75, 3.05) is 13.3 Å². The van der Waals surface area contributed by atoms with E-state index >= 15 is 0 Å². The second kappa shape index (κ2) is 3.35. The number of hydrogen-bond donors (Lipinski definition) is 0. The monoisotopic (exact) mass is 246 g/mol. The van der Waals surface area contributed by atoms with Crippen LogP contribution in [0.3, 0.4) is 0 Å². The van der Waals surface area contributed by atoms with E-state index in [2.05, 4.69) is 15.9 Å². The standard InChI is InChI=1S/C9H12BrOP/c1-7-6-8(12(2,3)11)4-5-9(7)10/h4-6H,1-3H3. The van der Waals surface area contributed by atoms with Crippen molar-refractivity contribution in [3.63, 3.8) is 0 Å². The molecular weight excluding hydrogens is 235 g/mol. The van der Waals surface area contributed by atoms with Crippen molar-refractivity contribution < 1.29 is 4.57 Å². The highest BCUT2D eigenvalue weighted by atomic mass is 79.9. The first-order valence-corrected chi connectivity index (χ1v) is 7.12. The minimum absolute atomic E-state index is 0.947. The van der Waals surface area contributed by atoms with E-state index in [0.717, 1.165) is 15.3 Å². The van der Waals surface area contributed by atoms with E-state index in [1.165, 1.54) is 0 Å². The highest BCUT2D eigenvalue weighted by Gasteiger charge is 2.10. The van der Waals surface area contributed by atoms with Crippen LogP contribution < -0.4 is 5.30 Å². The van der Waals surface area contributed by atoms with Gasteiger partial charge in [-0.1, -0.05) is 22.0 Å². The molecule has 3 heteroatoms.